The first-order valence-corrected chi connectivity index (χ1v) is 10.5. The summed E-state index contributed by atoms with van der Waals surface area (Å²) in [6.07, 6.45) is 1.71. The highest BCUT2D eigenvalue weighted by Gasteiger charge is 2.30. The first-order valence-electron chi connectivity index (χ1n) is 10.5. The molecule has 1 aliphatic rings. The molecule has 0 bridgehead atoms. The van der Waals surface area contributed by atoms with E-state index in [1.165, 1.54) is 11.1 Å². The third-order valence-electron chi connectivity index (χ3n) is 5.78. The highest BCUT2D eigenvalue weighted by molar-refractivity contribution is 5.85. The Hall–Kier alpha value is -2.17. The first kappa shape index (κ1) is 22.5. The summed E-state index contributed by atoms with van der Waals surface area (Å²) < 4.78 is 6.36. The lowest BCUT2D eigenvalue weighted by Gasteiger charge is -2.35. The summed E-state index contributed by atoms with van der Waals surface area (Å²) in [4.78, 5) is 0. The maximum absolute atomic E-state index is 10.4. The van der Waals surface area contributed by atoms with E-state index in [1.54, 1.807) is 0 Å². The molecule has 0 radical (unpaired) electrons. The standard InChI is InChI=1S/C26H29NO2.ClH/c28-24(20-10-4-1-5-11-20)18-27-23-16-17-25(29-19-23)26(21-12-6-2-7-13-21)22-14-8-3-9-15-22;/h1-15,23-28H,16-19H2;1H/t23-,24-,25-;/m0./s1. The predicted molar refractivity (Wildman–Crippen MR) is 124 cm³/mol. The Bertz CT molecular complexity index is 812. The van der Waals surface area contributed by atoms with Gasteiger partial charge >= 0.3 is 0 Å². The quantitative estimate of drug-likeness (QED) is 0.554. The molecule has 0 spiro atoms. The van der Waals surface area contributed by atoms with Crippen molar-refractivity contribution < 1.29 is 9.84 Å². The maximum Gasteiger partial charge on any atom is 0.0914 e. The number of benzene rings is 3. The van der Waals surface area contributed by atoms with Crippen molar-refractivity contribution in [2.75, 3.05) is 13.2 Å². The van der Waals surface area contributed by atoms with Crippen LogP contribution in [0.1, 0.15) is 41.6 Å². The minimum atomic E-state index is -0.490. The predicted octanol–water partition coefficient (Wildman–Crippen LogP) is 5.11. The lowest BCUT2D eigenvalue weighted by Crippen LogP contribution is -2.43. The third-order valence-corrected chi connectivity index (χ3v) is 5.78. The molecule has 3 aromatic rings. The number of rotatable bonds is 7. The molecule has 0 aromatic heterocycles. The third kappa shape index (κ3) is 5.71. The normalized spacial score (nSPS) is 19.8. The molecular weight excluding hydrogens is 394 g/mol. The summed E-state index contributed by atoms with van der Waals surface area (Å²) in [5, 5.41) is 13.9. The van der Waals surface area contributed by atoms with Crippen LogP contribution in [0.25, 0.3) is 0 Å². The molecule has 1 saturated heterocycles. The van der Waals surface area contributed by atoms with Crippen LogP contribution in [0.5, 0.6) is 0 Å². The van der Waals surface area contributed by atoms with Crippen molar-refractivity contribution in [1.29, 1.82) is 0 Å². The highest BCUT2D eigenvalue weighted by Crippen LogP contribution is 2.34. The second-order valence-electron chi connectivity index (χ2n) is 7.78. The van der Waals surface area contributed by atoms with Crippen molar-refractivity contribution in [1.82, 2.24) is 5.32 Å². The Morgan fingerprint density at radius 1 is 0.767 bits per heavy atom. The Morgan fingerprint density at radius 3 is 1.73 bits per heavy atom. The summed E-state index contributed by atoms with van der Waals surface area (Å²) >= 11 is 0. The second kappa shape index (κ2) is 11.3. The zero-order chi connectivity index (χ0) is 19.9. The Balaban J connectivity index is 0.00000256. The average Bonchev–Trinajstić information content (AvgIpc) is 2.80. The van der Waals surface area contributed by atoms with E-state index in [4.69, 9.17) is 4.74 Å². The van der Waals surface area contributed by atoms with Gasteiger partial charge in [-0.3, -0.25) is 0 Å². The fourth-order valence-electron chi connectivity index (χ4n) is 4.21. The van der Waals surface area contributed by atoms with Crippen molar-refractivity contribution in [3.63, 3.8) is 0 Å². The Morgan fingerprint density at radius 2 is 1.27 bits per heavy atom. The van der Waals surface area contributed by atoms with Crippen molar-refractivity contribution in [3.05, 3.63) is 108 Å². The van der Waals surface area contributed by atoms with Gasteiger partial charge in [-0.25, -0.2) is 0 Å². The van der Waals surface area contributed by atoms with Crippen LogP contribution < -0.4 is 5.32 Å². The maximum atomic E-state index is 10.4. The molecule has 1 aliphatic heterocycles. The van der Waals surface area contributed by atoms with E-state index in [1.807, 2.05) is 30.3 Å². The Kier molecular flexibility index (Phi) is 8.47. The van der Waals surface area contributed by atoms with E-state index in [2.05, 4.69) is 66.0 Å². The van der Waals surface area contributed by atoms with Gasteiger partial charge in [-0.2, -0.15) is 0 Å². The number of ether oxygens (including phenoxy) is 1. The van der Waals surface area contributed by atoms with Gasteiger partial charge in [0.15, 0.2) is 0 Å². The van der Waals surface area contributed by atoms with Gasteiger partial charge in [0.25, 0.3) is 0 Å². The molecule has 0 aliphatic carbocycles. The molecule has 4 heteroatoms. The molecule has 0 saturated carbocycles. The molecule has 3 aromatic carbocycles. The number of aliphatic hydroxyl groups excluding tert-OH is 1. The minimum Gasteiger partial charge on any atom is -0.387 e. The summed E-state index contributed by atoms with van der Waals surface area (Å²) in [5.41, 5.74) is 3.55. The van der Waals surface area contributed by atoms with Crippen molar-refractivity contribution in [2.45, 2.75) is 37.0 Å². The molecule has 4 rings (SSSR count). The molecule has 0 amide bonds. The molecule has 1 fully saturated rings. The SMILES string of the molecule is Cl.O[C@@H](CN[C@H]1CC[C@@H](C(c2ccccc2)c2ccccc2)OC1)c1ccccc1. The lowest BCUT2D eigenvalue weighted by atomic mass is 9.83. The summed E-state index contributed by atoms with van der Waals surface area (Å²) in [6, 6.07) is 31.4. The molecule has 1 heterocycles. The highest BCUT2D eigenvalue weighted by atomic mass is 35.5. The van der Waals surface area contributed by atoms with Gasteiger partial charge in [-0.15, -0.1) is 12.4 Å². The molecule has 30 heavy (non-hydrogen) atoms. The molecule has 2 N–H and O–H groups in total. The van der Waals surface area contributed by atoms with Crippen LogP contribution in [0, 0.1) is 0 Å². The molecular formula is C26H30ClNO2. The number of hydrogen-bond donors (Lipinski definition) is 2. The first-order chi connectivity index (χ1) is 14.3. The van der Waals surface area contributed by atoms with E-state index in [0.717, 1.165) is 18.4 Å². The summed E-state index contributed by atoms with van der Waals surface area (Å²) in [5.74, 6) is 0.244. The van der Waals surface area contributed by atoms with Crippen LogP contribution >= 0.6 is 12.4 Å². The van der Waals surface area contributed by atoms with Crippen LogP contribution in [-0.2, 0) is 4.74 Å². The largest absolute Gasteiger partial charge is 0.387 e. The van der Waals surface area contributed by atoms with Crippen molar-refractivity contribution in [3.8, 4) is 0 Å². The van der Waals surface area contributed by atoms with Gasteiger partial charge < -0.3 is 15.2 Å². The fourth-order valence-corrected chi connectivity index (χ4v) is 4.21. The van der Waals surface area contributed by atoms with E-state index >= 15 is 0 Å². The van der Waals surface area contributed by atoms with Crippen LogP contribution in [0.2, 0.25) is 0 Å². The number of hydrogen-bond acceptors (Lipinski definition) is 3. The summed E-state index contributed by atoms with van der Waals surface area (Å²) in [6.45, 7) is 1.21. The van der Waals surface area contributed by atoms with E-state index in [-0.39, 0.29) is 30.5 Å². The lowest BCUT2D eigenvalue weighted by molar-refractivity contribution is -0.0134. The topological polar surface area (TPSA) is 41.5 Å². The Labute approximate surface area is 185 Å². The zero-order valence-electron chi connectivity index (χ0n) is 17.1. The van der Waals surface area contributed by atoms with Gasteiger partial charge in [0.2, 0.25) is 0 Å². The van der Waals surface area contributed by atoms with Crippen LogP contribution in [0.3, 0.4) is 0 Å². The number of halogens is 1. The molecule has 158 valence electrons. The van der Waals surface area contributed by atoms with E-state index in [0.29, 0.717) is 13.2 Å². The molecule has 3 atom stereocenters. The average molecular weight is 424 g/mol. The van der Waals surface area contributed by atoms with Crippen LogP contribution in [0.15, 0.2) is 91.0 Å². The van der Waals surface area contributed by atoms with E-state index in [9.17, 15) is 5.11 Å². The second-order valence-corrected chi connectivity index (χ2v) is 7.78. The summed E-state index contributed by atoms with van der Waals surface area (Å²) in [7, 11) is 0. The van der Waals surface area contributed by atoms with Crippen LogP contribution in [-0.4, -0.2) is 30.4 Å². The van der Waals surface area contributed by atoms with Gasteiger partial charge in [-0.05, 0) is 29.5 Å². The zero-order valence-corrected chi connectivity index (χ0v) is 17.9. The van der Waals surface area contributed by atoms with Crippen molar-refractivity contribution >= 4 is 12.4 Å². The number of aliphatic hydroxyl groups is 1. The van der Waals surface area contributed by atoms with Gasteiger partial charge in [-0.1, -0.05) is 91.0 Å². The van der Waals surface area contributed by atoms with Crippen LogP contribution in [0.4, 0.5) is 0 Å². The fraction of sp³-hybridized carbons (Fsp3) is 0.308. The molecule has 0 unspecified atom stereocenters. The van der Waals surface area contributed by atoms with Crippen molar-refractivity contribution in [2.24, 2.45) is 0 Å². The van der Waals surface area contributed by atoms with E-state index < -0.39 is 6.10 Å². The molecule has 3 nitrogen and oxygen atoms in total. The minimum absolute atomic E-state index is 0. The number of nitrogens with one attached hydrogen (secondary N) is 1. The van der Waals surface area contributed by atoms with Gasteiger partial charge in [0.05, 0.1) is 18.8 Å². The monoisotopic (exact) mass is 423 g/mol. The van der Waals surface area contributed by atoms with Gasteiger partial charge in [0, 0.05) is 18.5 Å². The smallest absolute Gasteiger partial charge is 0.0914 e. The van der Waals surface area contributed by atoms with Gasteiger partial charge in [0.1, 0.15) is 0 Å².